The average molecular weight is 268 g/mol. The Kier molecular flexibility index (Phi) is 4.51. The highest BCUT2D eigenvalue weighted by Gasteiger charge is 2.42. The zero-order valence-electron chi connectivity index (χ0n) is 12.6. The van der Waals surface area contributed by atoms with Gasteiger partial charge in [-0.3, -0.25) is 4.79 Å². The summed E-state index contributed by atoms with van der Waals surface area (Å²) in [5.41, 5.74) is -0.182. The number of hydrogen-bond acceptors (Lipinski definition) is 3. The Bertz CT molecular complexity index is 308. The van der Waals surface area contributed by atoms with Crippen LogP contribution in [0.2, 0.25) is 0 Å². The van der Waals surface area contributed by atoms with Gasteiger partial charge in [-0.15, -0.1) is 0 Å². The van der Waals surface area contributed by atoms with Crippen molar-refractivity contribution in [2.45, 2.75) is 64.0 Å². The molecular weight excluding hydrogens is 240 g/mol. The van der Waals surface area contributed by atoms with Crippen LogP contribution in [0.3, 0.4) is 0 Å². The molecule has 4 nitrogen and oxygen atoms in total. The molecule has 2 rings (SSSR count). The molecule has 19 heavy (non-hydrogen) atoms. The summed E-state index contributed by atoms with van der Waals surface area (Å²) in [5.74, 6) is 0.165. The third kappa shape index (κ3) is 3.69. The maximum atomic E-state index is 12.5. The largest absolute Gasteiger partial charge is 0.366 e. The topological polar surface area (TPSA) is 41.6 Å². The smallest absolute Gasteiger partial charge is 0.249 e. The molecule has 0 aromatic heterocycles. The monoisotopic (exact) mass is 268 g/mol. The highest BCUT2D eigenvalue weighted by Crippen LogP contribution is 2.34. The average Bonchev–Trinajstić information content (AvgIpc) is 2.37. The number of nitrogens with one attached hydrogen (secondary N) is 1. The van der Waals surface area contributed by atoms with E-state index in [0.29, 0.717) is 0 Å². The lowest BCUT2D eigenvalue weighted by molar-refractivity contribution is -0.150. The van der Waals surface area contributed by atoms with Gasteiger partial charge in [0.25, 0.3) is 0 Å². The van der Waals surface area contributed by atoms with Crippen LogP contribution in [0.25, 0.3) is 0 Å². The predicted molar refractivity (Wildman–Crippen MR) is 76.1 cm³/mol. The van der Waals surface area contributed by atoms with Crippen LogP contribution in [0.4, 0.5) is 0 Å². The van der Waals surface area contributed by atoms with Crippen molar-refractivity contribution < 1.29 is 9.53 Å². The fourth-order valence-electron chi connectivity index (χ4n) is 3.25. The normalized spacial score (nSPS) is 23.6. The lowest BCUT2D eigenvalue weighted by Gasteiger charge is -2.50. The molecule has 1 heterocycles. The van der Waals surface area contributed by atoms with E-state index in [1.165, 1.54) is 19.3 Å². The highest BCUT2D eigenvalue weighted by molar-refractivity contribution is 5.78. The Labute approximate surface area is 116 Å². The van der Waals surface area contributed by atoms with E-state index in [9.17, 15) is 4.79 Å². The minimum absolute atomic E-state index is 0.0643. The molecule has 2 aliphatic rings. The van der Waals surface area contributed by atoms with Crippen LogP contribution in [-0.2, 0) is 9.53 Å². The van der Waals surface area contributed by atoms with Crippen molar-refractivity contribution in [1.82, 2.24) is 10.2 Å². The number of nitrogens with zero attached hydrogens (tertiary/aromatic N) is 1. The van der Waals surface area contributed by atoms with Crippen molar-refractivity contribution >= 4 is 5.91 Å². The van der Waals surface area contributed by atoms with E-state index in [4.69, 9.17) is 4.74 Å². The Morgan fingerprint density at radius 2 is 1.95 bits per heavy atom. The molecule has 0 aromatic carbocycles. The summed E-state index contributed by atoms with van der Waals surface area (Å²) in [7, 11) is 0. The molecular formula is C15H28N2O2. The second kappa shape index (κ2) is 5.80. The minimum Gasteiger partial charge on any atom is -0.366 e. The van der Waals surface area contributed by atoms with Crippen molar-refractivity contribution in [2.24, 2.45) is 0 Å². The van der Waals surface area contributed by atoms with E-state index in [-0.39, 0.29) is 23.7 Å². The van der Waals surface area contributed by atoms with Crippen molar-refractivity contribution in [3.05, 3.63) is 0 Å². The molecule has 0 radical (unpaired) electrons. The highest BCUT2D eigenvalue weighted by atomic mass is 16.5. The molecule has 0 unspecified atom stereocenters. The molecule has 4 heteroatoms. The van der Waals surface area contributed by atoms with Crippen molar-refractivity contribution in [2.75, 3.05) is 26.2 Å². The molecule has 1 aliphatic heterocycles. The zero-order valence-corrected chi connectivity index (χ0v) is 12.6. The second-order valence-corrected chi connectivity index (χ2v) is 6.91. The maximum absolute atomic E-state index is 12.5. The molecule has 1 aliphatic carbocycles. The van der Waals surface area contributed by atoms with E-state index in [1.807, 2.05) is 20.8 Å². The van der Waals surface area contributed by atoms with Crippen molar-refractivity contribution in [1.29, 1.82) is 0 Å². The summed E-state index contributed by atoms with van der Waals surface area (Å²) in [6, 6.07) is 0. The van der Waals surface area contributed by atoms with Crippen LogP contribution in [0.15, 0.2) is 0 Å². The van der Waals surface area contributed by atoms with Gasteiger partial charge < -0.3 is 15.0 Å². The fraction of sp³-hybridized carbons (Fsp3) is 0.933. The first kappa shape index (κ1) is 14.8. The van der Waals surface area contributed by atoms with E-state index >= 15 is 0 Å². The van der Waals surface area contributed by atoms with Crippen LogP contribution < -0.4 is 5.32 Å². The molecule has 0 atom stereocenters. The van der Waals surface area contributed by atoms with Crippen LogP contribution >= 0.6 is 0 Å². The third-order valence-corrected chi connectivity index (χ3v) is 4.25. The van der Waals surface area contributed by atoms with Gasteiger partial charge in [-0.25, -0.2) is 0 Å². The quantitative estimate of drug-likeness (QED) is 0.832. The molecule has 1 amide bonds. The SMILES string of the molecule is CC(C)(C)OCC(=O)N1CCNCC12CCCCC2. The maximum Gasteiger partial charge on any atom is 0.249 e. The standard InChI is InChI=1S/C15H28N2O2/c1-14(2,3)19-11-13(18)17-10-9-16-12-15(17)7-5-4-6-8-15/h16H,4-12H2,1-3H3. The Morgan fingerprint density at radius 1 is 1.26 bits per heavy atom. The summed E-state index contributed by atoms with van der Waals surface area (Å²) < 4.78 is 5.67. The predicted octanol–water partition coefficient (Wildman–Crippen LogP) is 1.94. The summed E-state index contributed by atoms with van der Waals surface area (Å²) >= 11 is 0. The number of amides is 1. The molecule has 1 spiro atoms. The molecule has 1 N–H and O–H groups in total. The van der Waals surface area contributed by atoms with Crippen molar-refractivity contribution in [3.8, 4) is 0 Å². The summed E-state index contributed by atoms with van der Waals surface area (Å²) in [6.45, 7) is 8.88. The Hall–Kier alpha value is -0.610. The van der Waals surface area contributed by atoms with Gasteiger partial charge in [-0.1, -0.05) is 19.3 Å². The molecule has 0 aromatic rings. The van der Waals surface area contributed by atoms with E-state index in [0.717, 1.165) is 32.5 Å². The van der Waals surface area contributed by atoms with Gasteiger partial charge in [-0.05, 0) is 33.6 Å². The van der Waals surface area contributed by atoms with Gasteiger partial charge >= 0.3 is 0 Å². The zero-order chi connectivity index (χ0) is 13.9. The third-order valence-electron chi connectivity index (χ3n) is 4.25. The molecule has 1 saturated heterocycles. The van der Waals surface area contributed by atoms with Gasteiger partial charge in [0.2, 0.25) is 5.91 Å². The molecule has 2 fully saturated rings. The minimum atomic E-state index is -0.247. The molecule has 1 saturated carbocycles. The van der Waals surface area contributed by atoms with Crippen LogP contribution in [0.1, 0.15) is 52.9 Å². The number of piperazine rings is 1. The molecule has 0 bridgehead atoms. The van der Waals surface area contributed by atoms with Gasteiger partial charge in [0.1, 0.15) is 6.61 Å². The Balaban J connectivity index is 2.00. The van der Waals surface area contributed by atoms with Gasteiger partial charge in [-0.2, -0.15) is 0 Å². The first-order chi connectivity index (χ1) is 8.93. The lowest BCUT2D eigenvalue weighted by Crippen LogP contribution is -2.64. The first-order valence-electron chi connectivity index (χ1n) is 7.58. The molecule has 110 valence electrons. The lowest BCUT2D eigenvalue weighted by atomic mass is 9.79. The van der Waals surface area contributed by atoms with E-state index in [1.54, 1.807) is 0 Å². The summed E-state index contributed by atoms with van der Waals surface area (Å²) in [4.78, 5) is 14.6. The van der Waals surface area contributed by atoms with Crippen LogP contribution in [0.5, 0.6) is 0 Å². The Morgan fingerprint density at radius 3 is 2.58 bits per heavy atom. The first-order valence-corrected chi connectivity index (χ1v) is 7.58. The van der Waals surface area contributed by atoms with Gasteiger partial charge in [0.15, 0.2) is 0 Å². The van der Waals surface area contributed by atoms with Crippen LogP contribution in [0, 0.1) is 0 Å². The van der Waals surface area contributed by atoms with Crippen molar-refractivity contribution in [3.63, 3.8) is 0 Å². The number of carbonyl (C=O) groups is 1. The number of rotatable bonds is 2. The van der Waals surface area contributed by atoms with Gasteiger partial charge in [0.05, 0.1) is 11.1 Å². The van der Waals surface area contributed by atoms with Crippen LogP contribution in [-0.4, -0.2) is 48.2 Å². The van der Waals surface area contributed by atoms with E-state index < -0.39 is 0 Å². The number of carbonyl (C=O) groups excluding carboxylic acids is 1. The van der Waals surface area contributed by atoms with Gasteiger partial charge in [0, 0.05) is 19.6 Å². The number of hydrogen-bond donors (Lipinski definition) is 1. The second-order valence-electron chi connectivity index (χ2n) is 6.91. The summed E-state index contributed by atoms with van der Waals surface area (Å²) in [5, 5.41) is 3.47. The summed E-state index contributed by atoms with van der Waals surface area (Å²) in [6.07, 6.45) is 6.07. The van der Waals surface area contributed by atoms with E-state index in [2.05, 4.69) is 10.2 Å². The fourth-order valence-corrected chi connectivity index (χ4v) is 3.25. The number of ether oxygens (including phenoxy) is 1.